The van der Waals surface area contributed by atoms with E-state index in [1.165, 1.54) is 4.90 Å². The molecule has 4 rings (SSSR count). The number of carbonyl (C=O) groups excluding carboxylic acids is 3. The highest BCUT2D eigenvalue weighted by atomic mass is 16.6. The van der Waals surface area contributed by atoms with Crippen LogP contribution < -0.4 is 16.0 Å². The van der Waals surface area contributed by atoms with Crippen molar-refractivity contribution in [3.8, 4) is 0 Å². The summed E-state index contributed by atoms with van der Waals surface area (Å²) in [6.45, 7) is 3.53. The molecule has 0 aliphatic heterocycles. The van der Waals surface area contributed by atoms with Crippen LogP contribution in [0.4, 0.5) is 16.3 Å². The van der Waals surface area contributed by atoms with E-state index in [9.17, 15) is 14.4 Å². The number of ether oxygens (including phenoxy) is 4. The Kier molecular flexibility index (Phi) is 14.0. The van der Waals surface area contributed by atoms with E-state index in [2.05, 4.69) is 15.3 Å². The molecule has 15 nitrogen and oxygen atoms in total. The summed E-state index contributed by atoms with van der Waals surface area (Å²) in [5, 5.41) is 12.0. The molecule has 2 heterocycles. The normalized spacial score (nSPS) is 11.4. The highest BCUT2D eigenvalue weighted by Gasteiger charge is 2.21. The summed E-state index contributed by atoms with van der Waals surface area (Å²) < 4.78 is 22.3. The molecule has 0 aliphatic carbocycles. The van der Waals surface area contributed by atoms with Crippen molar-refractivity contribution < 1.29 is 38.4 Å². The monoisotopic (exact) mass is 675 g/mol. The number of aliphatic hydroxyl groups excluding tert-OH is 1. The molecule has 49 heavy (non-hydrogen) atoms. The van der Waals surface area contributed by atoms with Crippen LogP contribution >= 0.6 is 0 Å². The summed E-state index contributed by atoms with van der Waals surface area (Å²) in [5.41, 5.74) is 9.22. The first-order chi connectivity index (χ1) is 23.8. The molecular weight excluding hydrogens is 634 g/mol. The Labute approximate surface area is 283 Å². The molecular formula is C34H41N7O8. The number of fused-ring (bicyclic) bond motifs is 1. The van der Waals surface area contributed by atoms with Gasteiger partial charge in [0.15, 0.2) is 0 Å². The standard InChI is InChI=1S/C34H41N7O8/c1-3-48-31(43)13-15-41(29-6-4-5-14-36-29)33(44)25-9-12-28-27(22-25)38-30(40(28)2)23-37-26-10-7-24(8-11-26)32(35)39-34(45)49-21-20-47-19-18-46-17-16-42/h4-12,14,22,37,42H,3,13,15-21,23H2,1-2H3,(H2,35,39,45). The predicted octanol–water partition coefficient (Wildman–Crippen LogP) is 3.05. The molecule has 2 aromatic heterocycles. The number of rotatable bonds is 18. The largest absolute Gasteiger partial charge is 0.466 e. The molecule has 0 unspecified atom stereocenters. The van der Waals surface area contributed by atoms with Crippen molar-refractivity contribution in [3.05, 3.63) is 83.8 Å². The van der Waals surface area contributed by atoms with Crippen molar-refractivity contribution in [2.24, 2.45) is 17.8 Å². The second-order valence-corrected chi connectivity index (χ2v) is 10.5. The van der Waals surface area contributed by atoms with Crippen LogP contribution in [-0.4, -0.2) is 96.2 Å². The zero-order valence-electron chi connectivity index (χ0n) is 27.5. The lowest BCUT2D eigenvalue weighted by atomic mass is 10.1. The molecule has 0 radical (unpaired) electrons. The van der Waals surface area contributed by atoms with Gasteiger partial charge in [0.05, 0.1) is 63.6 Å². The van der Waals surface area contributed by atoms with Gasteiger partial charge in [-0.3, -0.25) is 14.5 Å². The predicted molar refractivity (Wildman–Crippen MR) is 182 cm³/mol. The van der Waals surface area contributed by atoms with Crippen LogP contribution in [0.2, 0.25) is 0 Å². The number of nitrogens with zero attached hydrogens (tertiary/aromatic N) is 5. The average molecular weight is 676 g/mol. The lowest BCUT2D eigenvalue weighted by molar-refractivity contribution is -0.142. The molecule has 0 bridgehead atoms. The maximum Gasteiger partial charge on any atom is 0.435 e. The van der Waals surface area contributed by atoms with Gasteiger partial charge in [0.25, 0.3) is 5.91 Å². The van der Waals surface area contributed by atoms with Crippen molar-refractivity contribution >= 4 is 46.3 Å². The van der Waals surface area contributed by atoms with Crippen molar-refractivity contribution in [1.29, 1.82) is 0 Å². The number of carbonyl (C=O) groups is 3. The molecule has 0 fully saturated rings. The van der Waals surface area contributed by atoms with Crippen molar-refractivity contribution in [2.45, 2.75) is 19.9 Å². The van der Waals surface area contributed by atoms with Crippen LogP contribution in [0.3, 0.4) is 0 Å². The second kappa shape index (κ2) is 18.8. The molecule has 2 amide bonds. The Bertz CT molecular complexity index is 1710. The molecule has 15 heteroatoms. The Morgan fingerprint density at radius 3 is 2.41 bits per heavy atom. The summed E-state index contributed by atoms with van der Waals surface area (Å²) in [6, 6.07) is 17.6. The number of hydrogen-bond donors (Lipinski definition) is 3. The highest BCUT2D eigenvalue weighted by molar-refractivity contribution is 6.07. The van der Waals surface area contributed by atoms with Gasteiger partial charge in [-0.2, -0.15) is 4.99 Å². The SMILES string of the molecule is CCOC(=O)CCN(C(=O)c1ccc2c(c1)nc(CNc1ccc(/C(N)=N/C(=O)OCCOCCOCCO)cc1)n2C)c1ccccn1. The molecule has 260 valence electrons. The number of aromatic nitrogens is 3. The van der Waals surface area contributed by atoms with Crippen LogP contribution in [0.1, 0.15) is 35.1 Å². The molecule has 2 aromatic carbocycles. The summed E-state index contributed by atoms with van der Waals surface area (Å²) >= 11 is 0. The minimum atomic E-state index is -0.826. The number of pyridine rings is 1. The van der Waals surface area contributed by atoms with Crippen molar-refractivity contribution in [1.82, 2.24) is 14.5 Å². The number of nitrogens with two attached hydrogens (primary N) is 1. The minimum Gasteiger partial charge on any atom is -0.466 e. The quantitative estimate of drug-likeness (QED) is 0.0605. The number of aliphatic imine (C=N–C) groups is 1. The van der Waals surface area contributed by atoms with Gasteiger partial charge >= 0.3 is 12.1 Å². The summed E-state index contributed by atoms with van der Waals surface area (Å²) in [6.07, 6.45) is 0.799. The number of hydrogen-bond acceptors (Lipinski definition) is 11. The summed E-state index contributed by atoms with van der Waals surface area (Å²) in [7, 11) is 1.90. The van der Waals surface area contributed by atoms with Crippen LogP contribution in [0, 0.1) is 0 Å². The van der Waals surface area contributed by atoms with E-state index in [4.69, 9.17) is 34.8 Å². The average Bonchev–Trinajstić information content (AvgIpc) is 3.43. The van der Waals surface area contributed by atoms with Gasteiger partial charge in [-0.25, -0.2) is 14.8 Å². The smallest absolute Gasteiger partial charge is 0.435 e. The number of aryl methyl sites for hydroxylation is 1. The maximum atomic E-state index is 13.6. The van der Waals surface area contributed by atoms with Gasteiger partial charge in [0, 0.05) is 36.6 Å². The molecule has 0 saturated carbocycles. The van der Waals surface area contributed by atoms with Crippen molar-refractivity contribution in [2.75, 3.05) is 63.0 Å². The number of benzene rings is 2. The van der Waals surface area contributed by atoms with Gasteiger partial charge < -0.3 is 39.7 Å². The van der Waals surface area contributed by atoms with E-state index in [-0.39, 0.29) is 57.7 Å². The van der Waals surface area contributed by atoms with Crippen molar-refractivity contribution in [3.63, 3.8) is 0 Å². The van der Waals surface area contributed by atoms with E-state index in [1.54, 1.807) is 67.7 Å². The molecule has 0 atom stereocenters. The molecule has 0 spiro atoms. The van der Waals surface area contributed by atoms with E-state index < -0.39 is 12.1 Å². The zero-order valence-corrected chi connectivity index (χ0v) is 27.5. The van der Waals surface area contributed by atoms with Crippen LogP contribution in [0.15, 0.2) is 71.9 Å². The molecule has 0 aliphatic rings. The van der Waals surface area contributed by atoms with Gasteiger partial charge in [0.2, 0.25) is 0 Å². The lowest BCUT2D eigenvalue weighted by Gasteiger charge is -2.21. The number of anilines is 2. The zero-order chi connectivity index (χ0) is 35.0. The number of esters is 1. The third-order valence-corrected chi connectivity index (χ3v) is 7.14. The topological polar surface area (TPSA) is 193 Å². The minimum absolute atomic E-state index is 0.0121. The molecule has 0 saturated heterocycles. The van der Waals surface area contributed by atoms with Gasteiger partial charge in [-0.05, 0) is 61.5 Å². The van der Waals surface area contributed by atoms with Gasteiger partial charge in [-0.15, -0.1) is 0 Å². The fraction of sp³-hybridized carbons (Fsp3) is 0.353. The van der Waals surface area contributed by atoms with E-state index in [1.807, 2.05) is 17.7 Å². The number of nitrogens with one attached hydrogen (secondary N) is 1. The summed E-state index contributed by atoms with van der Waals surface area (Å²) in [4.78, 5) is 52.0. The highest BCUT2D eigenvalue weighted by Crippen LogP contribution is 2.21. The van der Waals surface area contributed by atoms with E-state index in [0.717, 1.165) is 17.0 Å². The van der Waals surface area contributed by atoms with E-state index in [0.29, 0.717) is 42.2 Å². The Balaban J connectivity index is 1.34. The van der Waals surface area contributed by atoms with Gasteiger partial charge in [-0.1, -0.05) is 6.07 Å². The third-order valence-electron chi connectivity index (χ3n) is 7.14. The first kappa shape index (κ1) is 36.5. The van der Waals surface area contributed by atoms with Crippen LogP contribution in [-0.2, 0) is 37.3 Å². The number of amides is 2. The molecule has 4 N–H and O–H groups in total. The third kappa shape index (κ3) is 10.8. The first-order valence-corrected chi connectivity index (χ1v) is 15.8. The fourth-order valence-electron chi connectivity index (χ4n) is 4.68. The number of amidine groups is 1. The number of imidazole rings is 1. The van der Waals surface area contributed by atoms with Crippen LogP contribution in [0.5, 0.6) is 0 Å². The van der Waals surface area contributed by atoms with E-state index >= 15 is 0 Å². The Morgan fingerprint density at radius 1 is 0.959 bits per heavy atom. The first-order valence-electron chi connectivity index (χ1n) is 15.8. The Hall–Kier alpha value is -5.38. The molecule has 4 aromatic rings. The second-order valence-electron chi connectivity index (χ2n) is 10.5. The Morgan fingerprint density at radius 2 is 1.69 bits per heavy atom. The lowest BCUT2D eigenvalue weighted by Crippen LogP contribution is -2.34. The fourth-order valence-corrected chi connectivity index (χ4v) is 4.68. The summed E-state index contributed by atoms with van der Waals surface area (Å²) in [5.74, 6) is 0.478. The van der Waals surface area contributed by atoms with Gasteiger partial charge in [0.1, 0.15) is 24.1 Å². The van der Waals surface area contributed by atoms with Crippen LogP contribution in [0.25, 0.3) is 11.0 Å². The maximum absolute atomic E-state index is 13.6. The number of aliphatic hydroxyl groups is 1.